The maximum atomic E-state index is 12.4. The Hall–Kier alpha value is -2.33. The van der Waals surface area contributed by atoms with Gasteiger partial charge in [0.05, 0.1) is 0 Å². The molecule has 0 aliphatic carbocycles. The third-order valence-electron chi connectivity index (χ3n) is 4.53. The normalized spacial score (nSPS) is 17.1. The summed E-state index contributed by atoms with van der Waals surface area (Å²) in [7, 11) is 0. The van der Waals surface area contributed by atoms with E-state index in [1.54, 1.807) is 0 Å². The molecule has 25 heavy (non-hydrogen) atoms. The van der Waals surface area contributed by atoms with Gasteiger partial charge in [0, 0.05) is 12.1 Å². The van der Waals surface area contributed by atoms with Crippen LogP contribution in [0.15, 0.2) is 48.5 Å². The number of carbonyl (C=O) groups excluding carboxylic acids is 1. The molecule has 4 nitrogen and oxygen atoms in total. The molecule has 3 rings (SSSR count). The predicted octanol–water partition coefficient (Wildman–Crippen LogP) is 3.30. The smallest absolute Gasteiger partial charge is 0.251 e. The summed E-state index contributed by atoms with van der Waals surface area (Å²) in [6.07, 6.45) is 2.36. The molecular formula is C21H26N2O2. The van der Waals surface area contributed by atoms with Crippen LogP contribution in [0.25, 0.3) is 0 Å². The highest BCUT2D eigenvalue weighted by Crippen LogP contribution is 2.16. The molecule has 132 valence electrons. The second-order valence-electron chi connectivity index (χ2n) is 6.73. The van der Waals surface area contributed by atoms with Crippen LogP contribution in [-0.4, -0.2) is 25.5 Å². The van der Waals surface area contributed by atoms with Crippen LogP contribution in [0.1, 0.15) is 34.3 Å². The molecule has 4 heteroatoms. The van der Waals surface area contributed by atoms with Crippen LogP contribution in [0.4, 0.5) is 0 Å². The number of ether oxygens (including phenoxy) is 1. The number of benzene rings is 2. The third kappa shape index (κ3) is 5.33. The third-order valence-corrected chi connectivity index (χ3v) is 4.53. The number of nitrogens with one attached hydrogen (secondary N) is 2. The quantitative estimate of drug-likeness (QED) is 0.850. The molecule has 2 aromatic carbocycles. The average Bonchev–Trinajstić information content (AvgIpc) is 2.65. The van der Waals surface area contributed by atoms with Gasteiger partial charge in [-0.3, -0.25) is 4.79 Å². The summed E-state index contributed by atoms with van der Waals surface area (Å²) >= 11 is 0. The van der Waals surface area contributed by atoms with E-state index in [1.165, 1.54) is 18.4 Å². The molecule has 2 aromatic rings. The van der Waals surface area contributed by atoms with Gasteiger partial charge in [-0.15, -0.1) is 0 Å². The SMILES string of the molecule is Cc1cccc(COc2cccc(C(=O)NCC3CCCNC3)c2)c1. The summed E-state index contributed by atoms with van der Waals surface area (Å²) in [5.41, 5.74) is 2.98. The molecule has 1 heterocycles. The molecule has 1 saturated heterocycles. The number of aryl methyl sites for hydroxylation is 1. The highest BCUT2D eigenvalue weighted by molar-refractivity contribution is 5.94. The molecule has 1 atom stereocenters. The minimum atomic E-state index is -0.0356. The van der Waals surface area contributed by atoms with Gasteiger partial charge in [-0.1, -0.05) is 35.9 Å². The molecule has 0 spiro atoms. The minimum absolute atomic E-state index is 0.0356. The van der Waals surface area contributed by atoms with Crippen LogP contribution in [0.2, 0.25) is 0 Å². The van der Waals surface area contributed by atoms with Gasteiger partial charge in [-0.2, -0.15) is 0 Å². The number of hydrogen-bond donors (Lipinski definition) is 2. The van der Waals surface area contributed by atoms with Gasteiger partial charge in [-0.05, 0) is 62.5 Å². The highest BCUT2D eigenvalue weighted by Gasteiger charge is 2.14. The lowest BCUT2D eigenvalue weighted by atomic mass is 9.99. The fourth-order valence-electron chi connectivity index (χ4n) is 3.13. The van der Waals surface area contributed by atoms with Crippen molar-refractivity contribution in [3.63, 3.8) is 0 Å². The minimum Gasteiger partial charge on any atom is -0.489 e. The number of piperidine rings is 1. The second kappa shape index (κ2) is 8.67. The summed E-state index contributed by atoms with van der Waals surface area (Å²) in [6, 6.07) is 15.6. The van der Waals surface area contributed by atoms with E-state index < -0.39 is 0 Å². The molecule has 0 bridgehead atoms. The van der Waals surface area contributed by atoms with Gasteiger partial charge in [0.25, 0.3) is 5.91 Å². The number of rotatable bonds is 6. The topological polar surface area (TPSA) is 50.4 Å². The van der Waals surface area contributed by atoms with Crippen molar-refractivity contribution < 1.29 is 9.53 Å². The van der Waals surface area contributed by atoms with E-state index in [2.05, 4.69) is 29.7 Å². The lowest BCUT2D eigenvalue weighted by Gasteiger charge is -2.22. The van der Waals surface area contributed by atoms with Crippen molar-refractivity contribution in [1.82, 2.24) is 10.6 Å². The lowest BCUT2D eigenvalue weighted by molar-refractivity contribution is 0.0944. The van der Waals surface area contributed by atoms with E-state index in [-0.39, 0.29) is 5.91 Å². The summed E-state index contributed by atoms with van der Waals surface area (Å²) in [5.74, 6) is 1.21. The van der Waals surface area contributed by atoms with Gasteiger partial charge >= 0.3 is 0 Å². The van der Waals surface area contributed by atoms with Crippen LogP contribution in [-0.2, 0) is 6.61 Å². The molecule has 1 aliphatic heterocycles. The zero-order valence-corrected chi connectivity index (χ0v) is 14.8. The molecule has 0 radical (unpaired) electrons. The van der Waals surface area contributed by atoms with E-state index in [0.717, 1.165) is 25.2 Å². The molecular weight excluding hydrogens is 312 g/mol. The molecule has 1 fully saturated rings. The summed E-state index contributed by atoms with van der Waals surface area (Å²) < 4.78 is 5.84. The van der Waals surface area contributed by atoms with E-state index in [1.807, 2.05) is 36.4 Å². The van der Waals surface area contributed by atoms with Gasteiger partial charge in [0.15, 0.2) is 0 Å². The Morgan fingerprint density at radius 3 is 2.92 bits per heavy atom. The summed E-state index contributed by atoms with van der Waals surface area (Å²) in [6.45, 7) is 5.36. The van der Waals surface area contributed by atoms with Gasteiger partial charge < -0.3 is 15.4 Å². The van der Waals surface area contributed by atoms with E-state index in [0.29, 0.717) is 23.8 Å². The van der Waals surface area contributed by atoms with Crippen LogP contribution in [0.5, 0.6) is 5.75 Å². The summed E-state index contributed by atoms with van der Waals surface area (Å²) in [5, 5.41) is 6.42. The first-order valence-electron chi connectivity index (χ1n) is 8.98. The van der Waals surface area contributed by atoms with E-state index in [9.17, 15) is 4.79 Å². The second-order valence-corrected chi connectivity index (χ2v) is 6.73. The van der Waals surface area contributed by atoms with Gasteiger partial charge in [-0.25, -0.2) is 0 Å². The van der Waals surface area contributed by atoms with Crippen molar-refractivity contribution in [3.05, 3.63) is 65.2 Å². The molecule has 0 aromatic heterocycles. The summed E-state index contributed by atoms with van der Waals surface area (Å²) in [4.78, 5) is 12.4. The number of hydrogen-bond acceptors (Lipinski definition) is 3. The fourth-order valence-corrected chi connectivity index (χ4v) is 3.13. The highest BCUT2D eigenvalue weighted by atomic mass is 16.5. The van der Waals surface area contributed by atoms with Crippen LogP contribution < -0.4 is 15.4 Å². The van der Waals surface area contributed by atoms with Crippen molar-refractivity contribution in [1.29, 1.82) is 0 Å². The standard InChI is InChI=1S/C21H26N2O2/c1-16-5-2-6-17(11-16)15-25-20-9-3-8-19(12-20)21(24)23-14-18-7-4-10-22-13-18/h2-3,5-6,8-9,11-12,18,22H,4,7,10,13-15H2,1H3,(H,23,24). The Balaban J connectivity index is 1.54. The molecule has 1 aliphatic rings. The van der Waals surface area contributed by atoms with Gasteiger partial charge in [0.1, 0.15) is 12.4 Å². The Morgan fingerprint density at radius 2 is 2.12 bits per heavy atom. The van der Waals surface area contributed by atoms with Crippen LogP contribution >= 0.6 is 0 Å². The molecule has 1 amide bonds. The van der Waals surface area contributed by atoms with Gasteiger partial charge in [0.2, 0.25) is 0 Å². The van der Waals surface area contributed by atoms with E-state index >= 15 is 0 Å². The van der Waals surface area contributed by atoms with Crippen LogP contribution in [0, 0.1) is 12.8 Å². The van der Waals surface area contributed by atoms with E-state index in [4.69, 9.17) is 4.74 Å². The zero-order valence-electron chi connectivity index (χ0n) is 14.8. The number of carbonyl (C=O) groups is 1. The maximum absolute atomic E-state index is 12.4. The number of amides is 1. The zero-order chi connectivity index (χ0) is 17.5. The monoisotopic (exact) mass is 338 g/mol. The van der Waals surface area contributed by atoms with Crippen molar-refractivity contribution in [2.24, 2.45) is 5.92 Å². The van der Waals surface area contributed by atoms with Crippen molar-refractivity contribution in [2.45, 2.75) is 26.4 Å². The molecule has 2 N–H and O–H groups in total. The van der Waals surface area contributed by atoms with Crippen LogP contribution in [0.3, 0.4) is 0 Å². The first-order valence-corrected chi connectivity index (χ1v) is 8.98. The molecule has 0 saturated carbocycles. The predicted molar refractivity (Wildman–Crippen MR) is 99.9 cm³/mol. The maximum Gasteiger partial charge on any atom is 0.251 e. The van der Waals surface area contributed by atoms with Crippen molar-refractivity contribution in [3.8, 4) is 5.75 Å². The average molecular weight is 338 g/mol. The molecule has 1 unspecified atom stereocenters. The van der Waals surface area contributed by atoms with Crippen molar-refractivity contribution in [2.75, 3.05) is 19.6 Å². The lowest BCUT2D eigenvalue weighted by Crippen LogP contribution is -2.38. The largest absolute Gasteiger partial charge is 0.489 e. The first kappa shape index (κ1) is 17.5. The Bertz CT molecular complexity index is 709. The first-order chi connectivity index (χ1) is 12.2. The Kier molecular flexibility index (Phi) is 6.07. The Labute approximate surface area is 149 Å². The van der Waals surface area contributed by atoms with Crippen molar-refractivity contribution >= 4 is 5.91 Å². The Morgan fingerprint density at radius 1 is 1.24 bits per heavy atom. The fraction of sp³-hybridized carbons (Fsp3) is 0.381.